The first kappa shape index (κ1) is 14.5. The minimum atomic E-state index is -0.658. The van der Waals surface area contributed by atoms with Gasteiger partial charge in [0.2, 0.25) is 0 Å². The zero-order valence-corrected chi connectivity index (χ0v) is 11.7. The van der Waals surface area contributed by atoms with E-state index in [1.807, 2.05) is 20.8 Å². The highest BCUT2D eigenvalue weighted by Gasteiger charge is 2.69. The van der Waals surface area contributed by atoms with Gasteiger partial charge >= 0.3 is 5.97 Å². The summed E-state index contributed by atoms with van der Waals surface area (Å²) < 4.78 is 10.8. The molecule has 17 heavy (non-hydrogen) atoms. The highest BCUT2D eigenvalue weighted by molar-refractivity contribution is 5.84. The summed E-state index contributed by atoms with van der Waals surface area (Å²) in [5.74, 6) is -0.180. The third-order valence-electron chi connectivity index (χ3n) is 3.60. The average molecular weight is 242 g/mol. The van der Waals surface area contributed by atoms with Gasteiger partial charge in [0.1, 0.15) is 5.60 Å². The van der Waals surface area contributed by atoms with E-state index in [0.717, 1.165) is 12.8 Å². The molecular weight excluding hydrogens is 216 g/mol. The number of epoxide rings is 1. The summed E-state index contributed by atoms with van der Waals surface area (Å²) in [7, 11) is 0. The molecule has 1 aliphatic rings. The maximum atomic E-state index is 11.9. The maximum absolute atomic E-state index is 11.9. The van der Waals surface area contributed by atoms with Crippen molar-refractivity contribution in [3.63, 3.8) is 0 Å². The first-order valence-electron chi connectivity index (χ1n) is 6.87. The first-order chi connectivity index (χ1) is 8.00. The molecule has 0 spiro atoms. The van der Waals surface area contributed by atoms with Crippen LogP contribution in [0.25, 0.3) is 0 Å². The van der Waals surface area contributed by atoms with Crippen LogP contribution in [0.5, 0.6) is 0 Å². The lowest BCUT2D eigenvalue weighted by Crippen LogP contribution is -2.33. The monoisotopic (exact) mass is 242 g/mol. The number of esters is 1. The highest BCUT2D eigenvalue weighted by Crippen LogP contribution is 2.51. The number of rotatable bonds is 8. The van der Waals surface area contributed by atoms with E-state index in [1.54, 1.807) is 0 Å². The van der Waals surface area contributed by atoms with Crippen molar-refractivity contribution in [1.29, 1.82) is 0 Å². The maximum Gasteiger partial charge on any atom is 0.341 e. The van der Waals surface area contributed by atoms with Gasteiger partial charge in [-0.2, -0.15) is 0 Å². The Kier molecular flexibility index (Phi) is 4.99. The molecule has 1 rings (SSSR count). The van der Waals surface area contributed by atoms with Gasteiger partial charge in [0.05, 0.1) is 6.61 Å². The molecule has 1 aliphatic heterocycles. The van der Waals surface area contributed by atoms with Crippen LogP contribution in [0.1, 0.15) is 66.2 Å². The lowest BCUT2D eigenvalue weighted by atomic mass is 9.90. The molecule has 1 heterocycles. The Hall–Kier alpha value is -0.570. The van der Waals surface area contributed by atoms with Gasteiger partial charge in [-0.3, -0.25) is 0 Å². The molecule has 1 fully saturated rings. The van der Waals surface area contributed by atoms with Crippen LogP contribution in [-0.2, 0) is 14.3 Å². The van der Waals surface area contributed by atoms with Crippen LogP contribution in [0.15, 0.2) is 0 Å². The summed E-state index contributed by atoms with van der Waals surface area (Å²) in [6.07, 6.45) is 6.77. The van der Waals surface area contributed by atoms with E-state index in [-0.39, 0.29) is 11.6 Å². The van der Waals surface area contributed by atoms with Crippen LogP contribution in [-0.4, -0.2) is 23.8 Å². The van der Waals surface area contributed by atoms with Crippen molar-refractivity contribution in [3.8, 4) is 0 Å². The summed E-state index contributed by atoms with van der Waals surface area (Å²) in [6, 6.07) is 0. The Morgan fingerprint density at radius 1 is 1.12 bits per heavy atom. The standard InChI is InChI=1S/C14H26O3/c1-5-7-8-9-10-11-14(12(15)16-6-2)13(3,4)17-14/h5-11H2,1-4H3/t14-/m1/s1. The predicted molar refractivity (Wildman–Crippen MR) is 67.9 cm³/mol. The van der Waals surface area contributed by atoms with E-state index in [9.17, 15) is 4.79 Å². The normalized spacial score (nSPS) is 25.6. The average Bonchev–Trinajstić information content (AvgIpc) is 2.82. The fourth-order valence-electron chi connectivity index (χ4n) is 2.38. The molecular formula is C14H26O3. The molecule has 0 aromatic rings. The minimum Gasteiger partial charge on any atom is -0.464 e. The summed E-state index contributed by atoms with van der Waals surface area (Å²) in [5.41, 5.74) is -1.00. The number of carbonyl (C=O) groups excluding carboxylic acids is 1. The molecule has 3 heteroatoms. The van der Waals surface area contributed by atoms with Crippen LogP contribution in [0, 0.1) is 0 Å². The third kappa shape index (κ3) is 3.21. The van der Waals surface area contributed by atoms with Crippen LogP contribution >= 0.6 is 0 Å². The van der Waals surface area contributed by atoms with Crippen molar-refractivity contribution in [1.82, 2.24) is 0 Å². The predicted octanol–water partition coefficient (Wildman–Crippen LogP) is 3.46. The fraction of sp³-hybridized carbons (Fsp3) is 0.929. The SMILES string of the molecule is CCCCCCC[C@]1(C(=O)OCC)OC1(C)C. The van der Waals surface area contributed by atoms with Gasteiger partial charge in [-0.25, -0.2) is 4.79 Å². The Morgan fingerprint density at radius 3 is 2.18 bits per heavy atom. The molecule has 3 nitrogen and oxygen atoms in total. The van der Waals surface area contributed by atoms with Crippen LogP contribution in [0.3, 0.4) is 0 Å². The molecule has 0 aromatic heterocycles. The highest BCUT2D eigenvalue weighted by atomic mass is 16.7. The van der Waals surface area contributed by atoms with Crippen molar-refractivity contribution in [2.75, 3.05) is 6.61 Å². The van der Waals surface area contributed by atoms with Crippen LogP contribution in [0.4, 0.5) is 0 Å². The lowest BCUT2D eigenvalue weighted by molar-refractivity contribution is -0.149. The number of ether oxygens (including phenoxy) is 2. The zero-order chi connectivity index (χ0) is 12.9. The largest absolute Gasteiger partial charge is 0.464 e. The van der Waals surface area contributed by atoms with Crippen LogP contribution < -0.4 is 0 Å². The molecule has 0 saturated carbocycles. The van der Waals surface area contributed by atoms with Gasteiger partial charge in [0.25, 0.3) is 0 Å². The van der Waals surface area contributed by atoms with Crippen LogP contribution in [0.2, 0.25) is 0 Å². The van der Waals surface area contributed by atoms with E-state index in [0.29, 0.717) is 6.61 Å². The summed E-state index contributed by atoms with van der Waals surface area (Å²) in [4.78, 5) is 11.9. The zero-order valence-electron chi connectivity index (χ0n) is 11.7. The van der Waals surface area contributed by atoms with E-state index >= 15 is 0 Å². The molecule has 0 unspecified atom stereocenters. The van der Waals surface area contributed by atoms with Gasteiger partial charge in [-0.15, -0.1) is 0 Å². The van der Waals surface area contributed by atoms with Gasteiger partial charge in [0, 0.05) is 0 Å². The van der Waals surface area contributed by atoms with Gasteiger partial charge in [-0.1, -0.05) is 32.6 Å². The van der Waals surface area contributed by atoms with E-state index in [1.165, 1.54) is 25.7 Å². The minimum absolute atomic E-state index is 0.180. The van der Waals surface area contributed by atoms with E-state index in [2.05, 4.69) is 6.92 Å². The van der Waals surface area contributed by atoms with Crippen molar-refractivity contribution < 1.29 is 14.3 Å². The number of hydrogen-bond acceptors (Lipinski definition) is 3. The van der Waals surface area contributed by atoms with Crippen molar-refractivity contribution in [2.24, 2.45) is 0 Å². The number of carbonyl (C=O) groups is 1. The molecule has 0 aromatic carbocycles. The van der Waals surface area contributed by atoms with Crippen molar-refractivity contribution >= 4 is 5.97 Å². The molecule has 0 aliphatic carbocycles. The molecule has 0 bridgehead atoms. The topological polar surface area (TPSA) is 38.8 Å². The molecule has 1 saturated heterocycles. The van der Waals surface area contributed by atoms with E-state index < -0.39 is 5.60 Å². The summed E-state index contributed by atoms with van der Waals surface area (Å²) in [6.45, 7) is 8.40. The molecule has 100 valence electrons. The number of unbranched alkanes of at least 4 members (excludes halogenated alkanes) is 4. The Balaban J connectivity index is 2.38. The lowest BCUT2D eigenvalue weighted by Gasteiger charge is -2.13. The number of hydrogen-bond donors (Lipinski definition) is 0. The quantitative estimate of drug-likeness (QED) is 0.372. The molecule has 0 amide bonds. The smallest absolute Gasteiger partial charge is 0.341 e. The molecule has 1 atom stereocenters. The third-order valence-corrected chi connectivity index (χ3v) is 3.60. The Morgan fingerprint density at radius 2 is 1.71 bits per heavy atom. The van der Waals surface area contributed by atoms with Crippen molar-refractivity contribution in [2.45, 2.75) is 77.4 Å². The second-order valence-corrected chi connectivity index (χ2v) is 5.32. The molecule has 0 N–H and O–H groups in total. The summed E-state index contributed by atoms with van der Waals surface area (Å²) in [5, 5.41) is 0. The van der Waals surface area contributed by atoms with Gasteiger partial charge in [0.15, 0.2) is 5.60 Å². The van der Waals surface area contributed by atoms with E-state index in [4.69, 9.17) is 9.47 Å². The second-order valence-electron chi connectivity index (χ2n) is 5.32. The first-order valence-corrected chi connectivity index (χ1v) is 6.87. The Bertz CT molecular complexity index is 260. The fourth-order valence-corrected chi connectivity index (χ4v) is 2.38. The van der Waals surface area contributed by atoms with Gasteiger partial charge in [-0.05, 0) is 33.6 Å². The second kappa shape index (κ2) is 5.85. The van der Waals surface area contributed by atoms with Gasteiger partial charge < -0.3 is 9.47 Å². The van der Waals surface area contributed by atoms with Crippen molar-refractivity contribution in [3.05, 3.63) is 0 Å². The summed E-state index contributed by atoms with van der Waals surface area (Å²) >= 11 is 0. The Labute approximate surface area is 105 Å². The molecule has 0 radical (unpaired) electrons.